The number of rotatable bonds is 7. The number of nitrogens with zero attached hydrogens (tertiary/aromatic N) is 2. The highest BCUT2D eigenvalue weighted by Crippen LogP contribution is 2.24. The number of hydrogen-bond acceptors (Lipinski definition) is 5. The molecule has 0 aliphatic carbocycles. The normalized spacial score (nSPS) is 11.4. The third-order valence-corrected chi connectivity index (χ3v) is 6.31. The quantitative estimate of drug-likeness (QED) is 0.378. The Bertz CT molecular complexity index is 1430. The van der Waals surface area contributed by atoms with Gasteiger partial charge in [0.05, 0.1) is 16.3 Å². The van der Waals surface area contributed by atoms with Crippen molar-refractivity contribution in [3.8, 4) is 16.9 Å². The highest BCUT2D eigenvalue weighted by atomic mass is 32.2. The van der Waals surface area contributed by atoms with E-state index in [2.05, 4.69) is 10.4 Å². The lowest BCUT2D eigenvalue weighted by atomic mass is 10.1. The second kappa shape index (κ2) is 9.50. The summed E-state index contributed by atoms with van der Waals surface area (Å²) in [5.41, 5.74) is 11.2. The van der Waals surface area contributed by atoms with E-state index >= 15 is 0 Å². The zero-order chi connectivity index (χ0) is 24.3. The average molecular weight is 476 g/mol. The molecule has 0 aliphatic rings. The van der Waals surface area contributed by atoms with Gasteiger partial charge in [-0.05, 0) is 61.4 Å². The van der Waals surface area contributed by atoms with E-state index in [1.807, 2.05) is 37.3 Å². The number of nitrogen functional groups attached to an aromatic ring is 1. The lowest BCUT2D eigenvalue weighted by Gasteiger charge is -2.08. The molecule has 1 heterocycles. The van der Waals surface area contributed by atoms with E-state index in [0.717, 1.165) is 28.1 Å². The summed E-state index contributed by atoms with van der Waals surface area (Å²) in [7, 11) is -3.71. The summed E-state index contributed by atoms with van der Waals surface area (Å²) in [4.78, 5) is 12.6. The fourth-order valence-electron chi connectivity index (χ4n) is 3.57. The first kappa shape index (κ1) is 23.2. The van der Waals surface area contributed by atoms with Gasteiger partial charge in [0, 0.05) is 23.7 Å². The third-order valence-electron chi connectivity index (χ3n) is 5.38. The van der Waals surface area contributed by atoms with Crippen molar-refractivity contribution < 1.29 is 13.2 Å². The van der Waals surface area contributed by atoms with Gasteiger partial charge in [0.2, 0.25) is 10.0 Å². The van der Waals surface area contributed by atoms with Crippen molar-refractivity contribution in [2.75, 3.05) is 12.3 Å². The van der Waals surface area contributed by atoms with Crippen LogP contribution in [-0.4, -0.2) is 30.7 Å². The van der Waals surface area contributed by atoms with Crippen LogP contribution in [0.2, 0.25) is 0 Å². The van der Waals surface area contributed by atoms with E-state index < -0.39 is 10.0 Å². The Morgan fingerprint density at radius 1 is 1.00 bits per heavy atom. The maximum atomic E-state index is 12.5. The van der Waals surface area contributed by atoms with Gasteiger partial charge < -0.3 is 11.1 Å². The van der Waals surface area contributed by atoms with Gasteiger partial charge in [0.15, 0.2) is 0 Å². The lowest BCUT2D eigenvalue weighted by Crippen LogP contribution is -2.25. The van der Waals surface area contributed by atoms with Crippen LogP contribution in [0.25, 0.3) is 16.9 Å². The summed E-state index contributed by atoms with van der Waals surface area (Å²) in [6.45, 7) is 2.43. The highest BCUT2D eigenvalue weighted by molar-refractivity contribution is 7.89. The van der Waals surface area contributed by atoms with Crippen molar-refractivity contribution in [3.63, 3.8) is 0 Å². The molecule has 1 amide bonds. The molecule has 4 rings (SSSR count). The molecule has 0 aliphatic heterocycles. The molecular weight excluding hydrogens is 450 g/mol. The highest BCUT2D eigenvalue weighted by Gasteiger charge is 2.11. The van der Waals surface area contributed by atoms with Crippen LogP contribution in [0.5, 0.6) is 0 Å². The number of carbonyl (C=O) groups excluding carboxylic acids is 1. The second-order valence-corrected chi connectivity index (χ2v) is 9.54. The molecule has 3 aromatic carbocycles. The molecule has 34 heavy (non-hydrogen) atoms. The number of aromatic nitrogens is 2. The van der Waals surface area contributed by atoms with Gasteiger partial charge in [-0.25, -0.2) is 18.2 Å². The molecule has 0 fully saturated rings. The molecule has 0 atom stereocenters. The molecule has 9 heteroatoms. The van der Waals surface area contributed by atoms with E-state index in [-0.39, 0.29) is 10.8 Å². The number of anilines is 1. The molecular formula is C25H25N5O3S. The largest absolute Gasteiger partial charge is 0.384 e. The van der Waals surface area contributed by atoms with Gasteiger partial charge >= 0.3 is 0 Å². The summed E-state index contributed by atoms with van der Waals surface area (Å²) in [6, 6.07) is 23.2. The average Bonchev–Trinajstić information content (AvgIpc) is 3.20. The van der Waals surface area contributed by atoms with Gasteiger partial charge in [-0.2, -0.15) is 5.10 Å². The number of carbonyl (C=O) groups is 1. The first-order chi connectivity index (χ1) is 16.2. The van der Waals surface area contributed by atoms with Crippen LogP contribution < -0.4 is 16.2 Å². The first-order valence-corrected chi connectivity index (χ1v) is 12.2. The van der Waals surface area contributed by atoms with Gasteiger partial charge in [-0.3, -0.25) is 4.79 Å². The van der Waals surface area contributed by atoms with Crippen LogP contribution in [0.1, 0.15) is 21.5 Å². The third kappa shape index (κ3) is 5.33. The van der Waals surface area contributed by atoms with Crippen LogP contribution >= 0.6 is 0 Å². The molecule has 0 bridgehead atoms. The number of sulfonamides is 1. The maximum absolute atomic E-state index is 12.5. The number of amides is 1. The Balaban J connectivity index is 1.38. The van der Waals surface area contributed by atoms with Gasteiger partial charge in [-0.1, -0.05) is 35.9 Å². The molecule has 0 radical (unpaired) electrons. The minimum absolute atomic E-state index is 0.0594. The van der Waals surface area contributed by atoms with Gasteiger partial charge in [0.1, 0.15) is 5.82 Å². The Kier molecular flexibility index (Phi) is 6.49. The molecule has 1 aromatic heterocycles. The maximum Gasteiger partial charge on any atom is 0.251 e. The van der Waals surface area contributed by atoms with Crippen molar-refractivity contribution in [2.45, 2.75) is 18.2 Å². The zero-order valence-corrected chi connectivity index (χ0v) is 19.4. The fraction of sp³-hybridized carbons (Fsp3) is 0.120. The molecule has 5 N–H and O–H groups in total. The van der Waals surface area contributed by atoms with Crippen LogP contribution in [-0.2, 0) is 16.4 Å². The SMILES string of the molecule is Cc1cccc(-c2cc(N)n(-c3ccc(C(=O)NCCc4ccc(S(N)(=O)=O)cc4)cc3)n2)c1. The first-order valence-electron chi connectivity index (χ1n) is 10.6. The van der Waals surface area contributed by atoms with Crippen molar-refractivity contribution >= 4 is 21.7 Å². The Morgan fingerprint density at radius 2 is 1.71 bits per heavy atom. The number of nitrogens with two attached hydrogens (primary N) is 2. The van der Waals surface area contributed by atoms with Gasteiger partial charge in [-0.15, -0.1) is 0 Å². The molecule has 0 saturated heterocycles. The number of benzene rings is 3. The van der Waals surface area contributed by atoms with E-state index in [0.29, 0.717) is 24.3 Å². The molecule has 0 spiro atoms. The lowest BCUT2D eigenvalue weighted by molar-refractivity contribution is 0.0954. The molecule has 0 saturated carbocycles. The Hall–Kier alpha value is -3.95. The zero-order valence-electron chi connectivity index (χ0n) is 18.6. The Labute approximate surface area is 198 Å². The standard InChI is InChI=1S/C25H25N5O3S/c1-17-3-2-4-20(15-17)23-16-24(26)30(29-23)21-9-7-19(8-10-21)25(31)28-14-13-18-5-11-22(12-6-18)34(27,32)33/h2-12,15-16H,13-14,26H2,1H3,(H,28,31)(H2,27,32,33). The monoisotopic (exact) mass is 475 g/mol. The molecule has 0 unspecified atom stereocenters. The summed E-state index contributed by atoms with van der Waals surface area (Å²) in [6.07, 6.45) is 0.556. The Morgan fingerprint density at radius 3 is 2.35 bits per heavy atom. The van der Waals surface area contributed by atoms with Crippen LogP contribution in [0.15, 0.2) is 83.8 Å². The van der Waals surface area contributed by atoms with E-state index in [1.54, 1.807) is 41.1 Å². The van der Waals surface area contributed by atoms with E-state index in [1.165, 1.54) is 12.1 Å². The topological polar surface area (TPSA) is 133 Å². The van der Waals surface area contributed by atoms with E-state index in [9.17, 15) is 13.2 Å². The minimum atomic E-state index is -3.71. The number of primary sulfonamides is 1. The number of nitrogens with one attached hydrogen (secondary N) is 1. The molecule has 174 valence electrons. The van der Waals surface area contributed by atoms with Crippen molar-refractivity contribution in [3.05, 3.63) is 95.6 Å². The number of aryl methyl sites for hydroxylation is 1. The second-order valence-electron chi connectivity index (χ2n) is 7.98. The smallest absolute Gasteiger partial charge is 0.251 e. The van der Waals surface area contributed by atoms with Crippen LogP contribution in [0.3, 0.4) is 0 Å². The minimum Gasteiger partial charge on any atom is -0.384 e. The van der Waals surface area contributed by atoms with Gasteiger partial charge in [0.25, 0.3) is 5.91 Å². The summed E-state index contributed by atoms with van der Waals surface area (Å²) in [5, 5.41) is 12.6. The van der Waals surface area contributed by atoms with Crippen molar-refractivity contribution in [1.29, 1.82) is 0 Å². The summed E-state index contributed by atoms with van der Waals surface area (Å²) in [5.74, 6) is 0.295. The van der Waals surface area contributed by atoms with Crippen LogP contribution in [0, 0.1) is 6.92 Å². The molecule has 8 nitrogen and oxygen atoms in total. The van der Waals surface area contributed by atoms with Crippen molar-refractivity contribution in [2.24, 2.45) is 5.14 Å². The number of hydrogen-bond donors (Lipinski definition) is 3. The molecule has 4 aromatic rings. The van der Waals surface area contributed by atoms with Crippen LogP contribution in [0.4, 0.5) is 5.82 Å². The summed E-state index contributed by atoms with van der Waals surface area (Å²) >= 11 is 0. The predicted molar refractivity (Wildman–Crippen MR) is 132 cm³/mol. The fourth-order valence-corrected chi connectivity index (χ4v) is 4.09. The predicted octanol–water partition coefficient (Wildman–Crippen LogP) is 3.05. The van der Waals surface area contributed by atoms with Crippen molar-refractivity contribution in [1.82, 2.24) is 15.1 Å². The van der Waals surface area contributed by atoms with E-state index in [4.69, 9.17) is 10.9 Å². The summed E-state index contributed by atoms with van der Waals surface area (Å²) < 4.78 is 24.3.